The van der Waals surface area contributed by atoms with Crippen LogP contribution in [0.2, 0.25) is 0 Å². The van der Waals surface area contributed by atoms with Crippen LogP contribution >= 0.6 is 0 Å². The summed E-state index contributed by atoms with van der Waals surface area (Å²) in [6, 6.07) is 24.3. The van der Waals surface area contributed by atoms with Crippen molar-refractivity contribution >= 4 is 34.4 Å². The van der Waals surface area contributed by atoms with Crippen LogP contribution in [0.25, 0.3) is 0 Å². The Bertz CT molecular complexity index is 832. The monoisotopic (exact) mass is 438 g/mol. The molecule has 31 heavy (non-hydrogen) atoms. The molecule has 3 aromatic carbocycles. The molecule has 3 aromatic rings. The summed E-state index contributed by atoms with van der Waals surface area (Å²) in [6.07, 6.45) is 0. The fourth-order valence-electron chi connectivity index (χ4n) is 1.81. The zero-order valence-corrected chi connectivity index (χ0v) is 17.0. The number of para-hydroxylation sites is 3. The fraction of sp³-hybridized carbons (Fsp3) is 0. The average Bonchev–Trinajstić information content (AvgIpc) is 2.85. The van der Waals surface area contributed by atoms with Crippen LogP contribution in [0.5, 0.6) is 0 Å². The number of nitrogens with zero attached hydrogens (tertiary/aromatic N) is 6. The summed E-state index contributed by atoms with van der Waals surface area (Å²) >= 11 is 0. The first-order valence-corrected chi connectivity index (χ1v) is 8.10. The Balaban J connectivity index is 0.000000429. The first kappa shape index (κ1) is 26.8. The molecule has 0 amide bonds. The zero-order valence-electron chi connectivity index (χ0n) is 15.9. The summed E-state index contributed by atoms with van der Waals surface area (Å²) in [6.45, 7) is 0. The van der Waals surface area contributed by atoms with E-state index in [0.717, 1.165) is 0 Å². The van der Waals surface area contributed by atoms with Gasteiger partial charge >= 0.3 is 17.4 Å². The SMILES string of the molecule is [Al+3].[O-]/N=[N+](\[O-])c1ccccc1.[O-]/N=[N+](\[O-])c1ccccc1.[O-]/N=[N+](\[O-])c1ccccc1. The molecule has 0 heterocycles. The van der Waals surface area contributed by atoms with Crippen molar-refractivity contribution in [2.75, 3.05) is 0 Å². The van der Waals surface area contributed by atoms with Gasteiger partial charge in [0.25, 0.3) is 0 Å². The molecular weight excluding hydrogens is 423 g/mol. The third-order valence-corrected chi connectivity index (χ3v) is 3.15. The Hall–Kier alpha value is -4.21. The molecule has 3 rings (SSSR count). The van der Waals surface area contributed by atoms with E-state index < -0.39 is 0 Å². The fourth-order valence-corrected chi connectivity index (χ4v) is 1.81. The number of hydrogen-bond donors (Lipinski definition) is 0. The number of benzene rings is 3. The summed E-state index contributed by atoms with van der Waals surface area (Å²) in [4.78, 5) is 0.0833. The molecule has 0 spiro atoms. The number of hydrogen-bond acceptors (Lipinski definition) is 9. The van der Waals surface area contributed by atoms with Gasteiger partial charge in [0.05, 0.1) is 0 Å². The topological polar surface area (TPSA) is 184 Å². The van der Waals surface area contributed by atoms with Crippen LogP contribution in [-0.4, -0.2) is 31.9 Å². The molecule has 0 saturated heterocycles. The van der Waals surface area contributed by atoms with Crippen molar-refractivity contribution in [1.29, 1.82) is 0 Å². The zero-order chi connectivity index (χ0) is 22.2. The molecule has 0 radical (unpaired) electrons. The molecule has 0 N–H and O–H groups in total. The second-order valence-electron chi connectivity index (χ2n) is 5.07. The van der Waals surface area contributed by atoms with Gasteiger partial charge in [0, 0.05) is 36.4 Å². The summed E-state index contributed by atoms with van der Waals surface area (Å²) in [5.74, 6) is 0. The maximum Gasteiger partial charge on any atom is 3.00 e. The van der Waals surface area contributed by atoms with Gasteiger partial charge in [0.2, 0.25) is 17.1 Å². The summed E-state index contributed by atoms with van der Waals surface area (Å²) in [7, 11) is 0. The number of rotatable bonds is 3. The van der Waals surface area contributed by atoms with Crippen LogP contribution in [0, 0.1) is 31.2 Å². The Morgan fingerprint density at radius 2 is 0.613 bits per heavy atom. The van der Waals surface area contributed by atoms with Crippen LogP contribution in [0.3, 0.4) is 0 Å². The molecular formula is C18H15AlN6O6. The van der Waals surface area contributed by atoms with Crippen molar-refractivity contribution in [3.63, 3.8) is 0 Å². The maximum atomic E-state index is 10.5. The Morgan fingerprint density at radius 3 is 0.774 bits per heavy atom. The van der Waals surface area contributed by atoms with Gasteiger partial charge < -0.3 is 31.2 Å². The molecule has 156 valence electrons. The van der Waals surface area contributed by atoms with Crippen LogP contribution < -0.4 is 0 Å². The first-order chi connectivity index (χ1) is 14.5. The van der Waals surface area contributed by atoms with Gasteiger partial charge in [-0.2, -0.15) is 0 Å². The van der Waals surface area contributed by atoms with Gasteiger partial charge in [-0.15, -0.1) is 0 Å². The third-order valence-electron chi connectivity index (χ3n) is 3.15. The van der Waals surface area contributed by atoms with E-state index in [-0.39, 0.29) is 49.0 Å². The molecule has 0 bridgehead atoms. The molecule has 0 aromatic heterocycles. The van der Waals surface area contributed by atoms with Gasteiger partial charge in [0.15, 0.2) is 0 Å². The molecule has 12 nitrogen and oxygen atoms in total. The Morgan fingerprint density at radius 1 is 0.419 bits per heavy atom. The standard InChI is InChI=1S/3C6H6N2O2.Al/c3*9-7-8(10)6-4-2-1-3-5-6;/h3*1-5,9H;/q;;;+3/p-3/b3*8-7-;. The van der Waals surface area contributed by atoms with Crippen molar-refractivity contribution in [1.82, 2.24) is 0 Å². The van der Waals surface area contributed by atoms with Crippen LogP contribution in [0.15, 0.2) is 107 Å². The Labute approximate surface area is 187 Å². The van der Waals surface area contributed by atoms with Crippen LogP contribution in [0.4, 0.5) is 17.1 Å². The summed E-state index contributed by atoms with van der Waals surface area (Å²) < 4.78 is 0. The average molecular weight is 438 g/mol. The predicted octanol–water partition coefficient (Wildman–Crippen LogP) is 4.95. The van der Waals surface area contributed by atoms with E-state index in [1.807, 2.05) is 0 Å². The molecule has 0 atom stereocenters. The summed E-state index contributed by atoms with van der Waals surface area (Å²) in [5, 5.41) is 66.9. The van der Waals surface area contributed by atoms with E-state index in [0.29, 0.717) is 0 Å². The van der Waals surface area contributed by atoms with Gasteiger partial charge in [-0.1, -0.05) is 69.2 Å². The second-order valence-corrected chi connectivity index (χ2v) is 5.07. The quantitative estimate of drug-likeness (QED) is 0.241. The predicted molar refractivity (Wildman–Crippen MR) is 112 cm³/mol. The van der Waals surface area contributed by atoms with Crippen molar-refractivity contribution in [3.8, 4) is 0 Å². The molecule has 0 unspecified atom stereocenters. The van der Waals surface area contributed by atoms with Crippen molar-refractivity contribution in [3.05, 3.63) is 122 Å². The molecule has 0 aliphatic carbocycles. The van der Waals surface area contributed by atoms with Crippen molar-refractivity contribution in [2.24, 2.45) is 15.8 Å². The van der Waals surface area contributed by atoms with E-state index >= 15 is 0 Å². The van der Waals surface area contributed by atoms with Gasteiger partial charge in [-0.05, 0) is 15.8 Å². The van der Waals surface area contributed by atoms with Gasteiger partial charge in [0.1, 0.15) is 0 Å². The van der Waals surface area contributed by atoms with E-state index in [4.69, 9.17) is 0 Å². The molecule has 0 aliphatic rings. The minimum absolute atomic E-state index is 0. The van der Waals surface area contributed by atoms with Gasteiger partial charge in [-0.3, -0.25) is 0 Å². The minimum atomic E-state index is 0. The first-order valence-electron chi connectivity index (χ1n) is 8.10. The van der Waals surface area contributed by atoms with E-state index in [1.165, 1.54) is 36.4 Å². The Kier molecular flexibility index (Phi) is 13.6. The molecule has 13 heteroatoms. The minimum Gasteiger partial charge on any atom is -0.739 e. The molecule has 0 aliphatic heterocycles. The smallest absolute Gasteiger partial charge is 0.739 e. The normalized spacial score (nSPS) is 11.0. The van der Waals surface area contributed by atoms with E-state index in [2.05, 4.69) is 15.8 Å². The third kappa shape index (κ3) is 10.2. The largest absolute Gasteiger partial charge is 3.00 e. The van der Waals surface area contributed by atoms with Crippen LogP contribution in [0.1, 0.15) is 0 Å². The second kappa shape index (κ2) is 15.7. The van der Waals surface area contributed by atoms with E-state index in [9.17, 15) is 31.2 Å². The molecule has 0 fully saturated rings. The summed E-state index contributed by atoms with van der Waals surface area (Å²) in [5.41, 5.74) is 0.743. The maximum absolute atomic E-state index is 10.5. The van der Waals surface area contributed by atoms with Crippen LogP contribution in [-0.2, 0) is 0 Å². The van der Waals surface area contributed by atoms with Crippen molar-refractivity contribution < 1.29 is 14.6 Å². The van der Waals surface area contributed by atoms with Crippen molar-refractivity contribution in [2.45, 2.75) is 0 Å². The van der Waals surface area contributed by atoms with Gasteiger partial charge in [-0.25, -0.2) is 0 Å². The van der Waals surface area contributed by atoms with E-state index in [1.54, 1.807) is 54.6 Å². The molecule has 0 saturated carbocycles.